The maximum Gasteiger partial charge on any atom is 0.0522 e. The average molecular weight is 233 g/mol. The van der Waals surface area contributed by atoms with Crippen LogP contribution in [0.3, 0.4) is 0 Å². The smallest absolute Gasteiger partial charge is 0.0522 e. The number of hydrogen-bond donors (Lipinski definition) is 2. The van der Waals surface area contributed by atoms with Crippen molar-refractivity contribution in [2.24, 2.45) is 0 Å². The van der Waals surface area contributed by atoms with Crippen molar-refractivity contribution in [3.8, 4) is 0 Å². The molecule has 0 amide bonds. The summed E-state index contributed by atoms with van der Waals surface area (Å²) >= 11 is 0. The van der Waals surface area contributed by atoms with Crippen LogP contribution in [0.2, 0.25) is 0 Å². The van der Waals surface area contributed by atoms with Crippen molar-refractivity contribution in [1.29, 1.82) is 0 Å². The fraction of sp³-hybridized carbons (Fsp3) is 0.600. The summed E-state index contributed by atoms with van der Waals surface area (Å²) < 4.78 is 0. The lowest BCUT2D eigenvalue weighted by molar-refractivity contribution is 0.218. The lowest BCUT2D eigenvalue weighted by Gasteiger charge is -2.28. The summed E-state index contributed by atoms with van der Waals surface area (Å²) in [5.74, 6) is 0. The van der Waals surface area contributed by atoms with Gasteiger partial charge in [-0.15, -0.1) is 0 Å². The van der Waals surface area contributed by atoms with Gasteiger partial charge in [0.25, 0.3) is 0 Å². The number of rotatable bonds is 3. The predicted molar refractivity (Wildman–Crippen MR) is 71.1 cm³/mol. The molecule has 1 aliphatic heterocycles. The van der Waals surface area contributed by atoms with Crippen LogP contribution in [0.15, 0.2) is 24.3 Å². The second kappa shape index (κ2) is 4.43. The Morgan fingerprint density at radius 3 is 2.76 bits per heavy atom. The van der Waals surface area contributed by atoms with Crippen LogP contribution in [0.25, 0.3) is 0 Å². The first kappa shape index (κ1) is 12.6. The van der Waals surface area contributed by atoms with Gasteiger partial charge in [0.2, 0.25) is 0 Å². The molecule has 2 heteroatoms. The Morgan fingerprint density at radius 1 is 1.41 bits per heavy atom. The lowest BCUT2D eigenvalue weighted by Crippen LogP contribution is -2.33. The molecule has 1 aliphatic rings. The van der Waals surface area contributed by atoms with Crippen LogP contribution in [-0.2, 0) is 11.0 Å². The molecule has 2 rings (SSSR count). The molecule has 1 unspecified atom stereocenters. The molecule has 1 heterocycles. The highest BCUT2D eigenvalue weighted by atomic mass is 16.3. The summed E-state index contributed by atoms with van der Waals surface area (Å²) in [5, 5.41) is 13.0. The Labute approximate surface area is 104 Å². The maximum absolute atomic E-state index is 9.45. The van der Waals surface area contributed by atoms with Crippen LogP contribution in [-0.4, -0.2) is 18.3 Å². The Bertz CT molecular complexity index is 392. The number of aliphatic hydroxyl groups excluding tert-OH is 1. The van der Waals surface area contributed by atoms with Crippen LogP contribution < -0.4 is 5.32 Å². The number of nitrogens with one attached hydrogen (secondary N) is 1. The van der Waals surface area contributed by atoms with Crippen molar-refractivity contribution < 1.29 is 5.11 Å². The van der Waals surface area contributed by atoms with E-state index in [1.807, 2.05) is 0 Å². The van der Waals surface area contributed by atoms with Gasteiger partial charge in [-0.25, -0.2) is 0 Å². The van der Waals surface area contributed by atoms with Crippen molar-refractivity contribution in [1.82, 2.24) is 5.32 Å². The fourth-order valence-corrected chi connectivity index (χ4v) is 2.52. The normalized spacial score (nSPS) is 25.2. The monoisotopic (exact) mass is 233 g/mol. The molecule has 0 saturated carbocycles. The van der Waals surface area contributed by atoms with Gasteiger partial charge in [-0.05, 0) is 37.4 Å². The van der Waals surface area contributed by atoms with Crippen LogP contribution in [0.5, 0.6) is 0 Å². The zero-order chi connectivity index (χ0) is 12.5. The van der Waals surface area contributed by atoms with Gasteiger partial charge in [0.05, 0.1) is 6.61 Å². The van der Waals surface area contributed by atoms with E-state index in [1.165, 1.54) is 24.0 Å². The van der Waals surface area contributed by atoms with E-state index in [9.17, 15) is 5.11 Å². The third-order valence-corrected chi connectivity index (χ3v) is 4.05. The van der Waals surface area contributed by atoms with Crippen molar-refractivity contribution in [3.63, 3.8) is 0 Å². The predicted octanol–water partition coefficient (Wildman–Crippen LogP) is 2.56. The fourth-order valence-electron chi connectivity index (χ4n) is 2.52. The van der Waals surface area contributed by atoms with Crippen molar-refractivity contribution in [2.75, 3.05) is 13.2 Å². The van der Waals surface area contributed by atoms with Gasteiger partial charge in [0, 0.05) is 11.0 Å². The van der Waals surface area contributed by atoms with E-state index in [-0.39, 0.29) is 17.6 Å². The second-order valence-electron chi connectivity index (χ2n) is 5.99. The van der Waals surface area contributed by atoms with E-state index >= 15 is 0 Å². The molecule has 17 heavy (non-hydrogen) atoms. The second-order valence-corrected chi connectivity index (χ2v) is 5.99. The van der Waals surface area contributed by atoms with E-state index < -0.39 is 0 Å². The standard InChI is InChI=1S/C15H23NO/c1-14(2,11-17)12-6-4-7-13(10-12)15(3)8-5-9-16-15/h4,6-7,10,16-17H,5,8-9,11H2,1-3H3. The molecule has 0 bridgehead atoms. The average Bonchev–Trinajstić information content (AvgIpc) is 2.78. The molecule has 1 aromatic carbocycles. The summed E-state index contributed by atoms with van der Waals surface area (Å²) in [6, 6.07) is 8.65. The van der Waals surface area contributed by atoms with E-state index in [0.717, 1.165) is 6.54 Å². The van der Waals surface area contributed by atoms with Gasteiger partial charge in [-0.3, -0.25) is 0 Å². The first-order chi connectivity index (χ1) is 7.98. The molecule has 1 fully saturated rings. The molecule has 2 nitrogen and oxygen atoms in total. The lowest BCUT2D eigenvalue weighted by atomic mass is 9.81. The summed E-state index contributed by atoms with van der Waals surface area (Å²) in [6.45, 7) is 7.71. The highest BCUT2D eigenvalue weighted by molar-refractivity contribution is 5.33. The first-order valence-electron chi connectivity index (χ1n) is 6.45. The molecule has 0 aromatic heterocycles. The van der Waals surface area contributed by atoms with Gasteiger partial charge >= 0.3 is 0 Å². The van der Waals surface area contributed by atoms with Crippen LogP contribution in [0.1, 0.15) is 44.7 Å². The van der Waals surface area contributed by atoms with Crippen LogP contribution in [0.4, 0.5) is 0 Å². The van der Waals surface area contributed by atoms with Crippen LogP contribution >= 0.6 is 0 Å². The molecule has 0 radical (unpaired) electrons. The SMILES string of the molecule is CC(C)(CO)c1cccc(C2(C)CCCN2)c1. The van der Waals surface area contributed by atoms with Crippen molar-refractivity contribution in [2.45, 2.75) is 44.6 Å². The zero-order valence-corrected chi connectivity index (χ0v) is 11.1. The minimum Gasteiger partial charge on any atom is -0.395 e. The highest BCUT2D eigenvalue weighted by Gasteiger charge is 2.31. The summed E-state index contributed by atoms with van der Waals surface area (Å²) in [4.78, 5) is 0. The number of benzene rings is 1. The van der Waals surface area contributed by atoms with Gasteiger partial charge < -0.3 is 10.4 Å². The Balaban J connectivity index is 2.35. The molecule has 0 aliphatic carbocycles. The van der Waals surface area contributed by atoms with Crippen molar-refractivity contribution >= 4 is 0 Å². The molecular formula is C15H23NO. The van der Waals surface area contributed by atoms with Gasteiger partial charge in [0.15, 0.2) is 0 Å². The molecule has 94 valence electrons. The third-order valence-electron chi connectivity index (χ3n) is 4.05. The Kier molecular flexibility index (Phi) is 3.28. The number of hydrogen-bond acceptors (Lipinski definition) is 2. The topological polar surface area (TPSA) is 32.3 Å². The third kappa shape index (κ3) is 2.38. The van der Waals surface area contributed by atoms with E-state index in [2.05, 4.69) is 50.4 Å². The minimum atomic E-state index is -0.162. The molecule has 0 spiro atoms. The zero-order valence-electron chi connectivity index (χ0n) is 11.1. The molecular weight excluding hydrogens is 210 g/mol. The van der Waals surface area contributed by atoms with Gasteiger partial charge in [0.1, 0.15) is 0 Å². The Hall–Kier alpha value is -0.860. The largest absolute Gasteiger partial charge is 0.395 e. The minimum absolute atomic E-state index is 0.113. The highest BCUT2D eigenvalue weighted by Crippen LogP contribution is 2.33. The molecule has 1 saturated heterocycles. The maximum atomic E-state index is 9.45. The van der Waals surface area contributed by atoms with Gasteiger partial charge in [-0.1, -0.05) is 38.1 Å². The van der Waals surface area contributed by atoms with Gasteiger partial charge in [-0.2, -0.15) is 0 Å². The van der Waals surface area contributed by atoms with E-state index in [0.29, 0.717) is 0 Å². The van der Waals surface area contributed by atoms with Crippen molar-refractivity contribution in [3.05, 3.63) is 35.4 Å². The van der Waals surface area contributed by atoms with Crippen LogP contribution in [0, 0.1) is 0 Å². The molecule has 1 atom stereocenters. The summed E-state index contributed by atoms with van der Waals surface area (Å²) in [6.07, 6.45) is 2.43. The summed E-state index contributed by atoms with van der Waals surface area (Å²) in [5.41, 5.74) is 2.51. The quantitative estimate of drug-likeness (QED) is 0.841. The van der Waals surface area contributed by atoms with E-state index in [1.54, 1.807) is 0 Å². The Morgan fingerprint density at radius 2 is 2.18 bits per heavy atom. The molecule has 2 N–H and O–H groups in total. The number of aliphatic hydroxyl groups is 1. The van der Waals surface area contributed by atoms with E-state index in [4.69, 9.17) is 0 Å². The summed E-state index contributed by atoms with van der Waals surface area (Å²) in [7, 11) is 0. The molecule has 1 aromatic rings. The first-order valence-corrected chi connectivity index (χ1v) is 6.45.